The Bertz CT molecular complexity index is 548. The van der Waals surface area contributed by atoms with Crippen molar-refractivity contribution in [2.75, 3.05) is 0 Å². The molecule has 0 fully saturated rings. The molecule has 2 aromatic rings. The molecule has 5 heteroatoms. The van der Waals surface area contributed by atoms with Gasteiger partial charge in [-0.2, -0.15) is 0 Å². The van der Waals surface area contributed by atoms with Crippen LogP contribution in [0.25, 0.3) is 0 Å². The number of halogens is 3. The van der Waals surface area contributed by atoms with Gasteiger partial charge in [-0.3, -0.25) is 4.98 Å². The third-order valence-corrected chi connectivity index (χ3v) is 3.02. The van der Waals surface area contributed by atoms with Gasteiger partial charge in [-0.05, 0) is 24.3 Å². The Hall–Kier alpha value is -1.33. The minimum atomic E-state index is -1.12. The van der Waals surface area contributed by atoms with Crippen molar-refractivity contribution < 1.29 is 13.9 Å². The van der Waals surface area contributed by atoms with Crippen LogP contribution in [0.1, 0.15) is 17.2 Å². The van der Waals surface area contributed by atoms with Crippen molar-refractivity contribution in [3.63, 3.8) is 0 Å². The van der Waals surface area contributed by atoms with Crippen molar-refractivity contribution in [2.24, 2.45) is 0 Å². The van der Waals surface area contributed by atoms with Crippen LogP contribution in [0.15, 0.2) is 41.1 Å². The molecule has 1 heterocycles. The van der Waals surface area contributed by atoms with E-state index in [0.717, 1.165) is 12.3 Å². The van der Waals surface area contributed by atoms with Gasteiger partial charge in [-0.15, -0.1) is 0 Å². The van der Waals surface area contributed by atoms with E-state index in [4.69, 9.17) is 0 Å². The molecule has 0 aliphatic carbocycles. The highest BCUT2D eigenvalue weighted by molar-refractivity contribution is 9.10. The molecule has 1 atom stereocenters. The Kier molecular flexibility index (Phi) is 3.49. The van der Waals surface area contributed by atoms with Crippen LogP contribution in [0, 0.1) is 11.6 Å². The van der Waals surface area contributed by atoms with Gasteiger partial charge in [0.05, 0.1) is 6.20 Å². The van der Waals surface area contributed by atoms with Crippen LogP contribution >= 0.6 is 15.9 Å². The molecule has 1 unspecified atom stereocenters. The summed E-state index contributed by atoms with van der Waals surface area (Å²) in [5, 5.41) is 10.0. The van der Waals surface area contributed by atoms with Gasteiger partial charge in [0.2, 0.25) is 0 Å². The molecule has 1 aromatic carbocycles. The van der Waals surface area contributed by atoms with Gasteiger partial charge in [0.25, 0.3) is 0 Å². The molecular formula is C12H8BrF2NO. The Morgan fingerprint density at radius 1 is 1.12 bits per heavy atom. The average molecular weight is 300 g/mol. The highest BCUT2D eigenvalue weighted by Crippen LogP contribution is 2.29. The van der Waals surface area contributed by atoms with Gasteiger partial charge in [-0.1, -0.05) is 15.9 Å². The zero-order chi connectivity index (χ0) is 12.4. The summed E-state index contributed by atoms with van der Waals surface area (Å²) in [6.45, 7) is 0. The van der Waals surface area contributed by atoms with E-state index in [1.807, 2.05) is 0 Å². The van der Waals surface area contributed by atoms with Crippen molar-refractivity contribution in [3.05, 3.63) is 63.9 Å². The van der Waals surface area contributed by atoms with Crippen LogP contribution in [0.5, 0.6) is 0 Å². The van der Waals surface area contributed by atoms with Crippen LogP contribution in [0.4, 0.5) is 8.78 Å². The van der Waals surface area contributed by atoms with Crippen molar-refractivity contribution in [2.45, 2.75) is 6.10 Å². The maximum Gasteiger partial charge on any atom is 0.141 e. The summed E-state index contributed by atoms with van der Waals surface area (Å²) in [4.78, 5) is 3.64. The van der Waals surface area contributed by atoms with E-state index in [9.17, 15) is 13.9 Å². The van der Waals surface area contributed by atoms with Gasteiger partial charge in [0.15, 0.2) is 0 Å². The second-order valence-electron chi connectivity index (χ2n) is 3.50. The van der Waals surface area contributed by atoms with E-state index in [1.165, 1.54) is 24.4 Å². The molecule has 0 aliphatic heterocycles. The maximum atomic E-state index is 13.1. The zero-order valence-corrected chi connectivity index (χ0v) is 10.2. The van der Waals surface area contributed by atoms with E-state index >= 15 is 0 Å². The second-order valence-corrected chi connectivity index (χ2v) is 4.36. The fourth-order valence-electron chi connectivity index (χ4n) is 1.48. The first kappa shape index (κ1) is 12.1. The number of hydrogen-bond acceptors (Lipinski definition) is 2. The van der Waals surface area contributed by atoms with Crippen LogP contribution in [-0.2, 0) is 0 Å². The molecule has 88 valence electrons. The number of nitrogens with zero attached hydrogens (tertiary/aromatic N) is 1. The molecule has 2 nitrogen and oxygen atoms in total. The third kappa shape index (κ3) is 2.68. The predicted molar refractivity (Wildman–Crippen MR) is 62.4 cm³/mol. The highest BCUT2D eigenvalue weighted by atomic mass is 79.9. The van der Waals surface area contributed by atoms with Crippen molar-refractivity contribution in [3.8, 4) is 0 Å². The third-order valence-electron chi connectivity index (χ3n) is 2.29. The van der Waals surface area contributed by atoms with Gasteiger partial charge < -0.3 is 5.11 Å². The number of benzene rings is 1. The summed E-state index contributed by atoms with van der Waals surface area (Å²) in [6, 6.07) is 5.11. The lowest BCUT2D eigenvalue weighted by atomic mass is 10.0. The van der Waals surface area contributed by atoms with Crippen LogP contribution in [0.2, 0.25) is 0 Å². The monoisotopic (exact) mass is 299 g/mol. The smallest absolute Gasteiger partial charge is 0.141 e. The maximum absolute atomic E-state index is 13.1. The summed E-state index contributed by atoms with van der Waals surface area (Å²) in [5.74, 6) is -1.01. The summed E-state index contributed by atoms with van der Waals surface area (Å²) in [5.41, 5.74) is 0.605. The van der Waals surface area contributed by atoms with E-state index in [1.54, 1.807) is 0 Å². The van der Waals surface area contributed by atoms with Crippen molar-refractivity contribution in [1.29, 1.82) is 0 Å². The number of rotatable bonds is 2. The lowest BCUT2D eigenvalue weighted by Crippen LogP contribution is -2.02. The quantitative estimate of drug-likeness (QED) is 0.924. The topological polar surface area (TPSA) is 33.1 Å². The number of aliphatic hydroxyl groups is 1. The molecule has 0 saturated carbocycles. The number of pyridine rings is 1. The Labute approximate surface area is 105 Å². The largest absolute Gasteiger partial charge is 0.384 e. The molecule has 0 spiro atoms. The predicted octanol–water partition coefficient (Wildman–Crippen LogP) is 3.20. The number of hydrogen-bond donors (Lipinski definition) is 1. The minimum absolute atomic E-state index is 0.274. The Morgan fingerprint density at radius 3 is 2.59 bits per heavy atom. The second kappa shape index (κ2) is 4.89. The lowest BCUT2D eigenvalue weighted by molar-refractivity contribution is 0.218. The summed E-state index contributed by atoms with van der Waals surface area (Å²) < 4.78 is 26.6. The summed E-state index contributed by atoms with van der Waals surface area (Å²) in [6.07, 6.45) is 1.25. The number of aliphatic hydroxyl groups excluding tert-OH is 1. The molecule has 17 heavy (non-hydrogen) atoms. The minimum Gasteiger partial charge on any atom is -0.384 e. The molecule has 0 aliphatic rings. The zero-order valence-electron chi connectivity index (χ0n) is 8.57. The van der Waals surface area contributed by atoms with Crippen LogP contribution < -0.4 is 0 Å². The van der Waals surface area contributed by atoms with E-state index < -0.39 is 17.7 Å². The van der Waals surface area contributed by atoms with Gasteiger partial charge in [-0.25, -0.2) is 8.78 Å². The molecule has 0 radical (unpaired) electrons. The molecule has 0 amide bonds. The summed E-state index contributed by atoms with van der Waals surface area (Å²) >= 11 is 3.21. The Morgan fingerprint density at radius 2 is 1.88 bits per heavy atom. The van der Waals surface area contributed by atoms with Gasteiger partial charge in [0.1, 0.15) is 17.7 Å². The first-order valence-electron chi connectivity index (χ1n) is 4.81. The Balaban J connectivity index is 2.43. The average Bonchev–Trinajstić information content (AvgIpc) is 2.31. The van der Waals surface area contributed by atoms with E-state index in [-0.39, 0.29) is 5.56 Å². The van der Waals surface area contributed by atoms with E-state index in [2.05, 4.69) is 20.9 Å². The van der Waals surface area contributed by atoms with Crippen LogP contribution in [-0.4, -0.2) is 10.1 Å². The molecule has 1 N–H and O–H groups in total. The van der Waals surface area contributed by atoms with Gasteiger partial charge in [0, 0.05) is 21.8 Å². The molecule has 0 saturated heterocycles. The van der Waals surface area contributed by atoms with Gasteiger partial charge >= 0.3 is 0 Å². The lowest BCUT2D eigenvalue weighted by Gasteiger charge is -2.13. The number of aromatic nitrogens is 1. The fraction of sp³-hybridized carbons (Fsp3) is 0.0833. The normalized spacial score (nSPS) is 12.5. The summed E-state index contributed by atoms with van der Waals surface area (Å²) in [7, 11) is 0. The van der Waals surface area contributed by atoms with Crippen molar-refractivity contribution >= 4 is 15.9 Å². The first-order chi connectivity index (χ1) is 8.08. The van der Waals surface area contributed by atoms with E-state index in [0.29, 0.717) is 10.0 Å². The molecular weight excluding hydrogens is 292 g/mol. The molecule has 2 rings (SSSR count). The SMILES string of the molecule is OC(c1cncc(F)c1)c1cc(F)ccc1Br. The van der Waals surface area contributed by atoms with Crippen molar-refractivity contribution in [1.82, 2.24) is 4.98 Å². The first-order valence-corrected chi connectivity index (χ1v) is 5.60. The fourth-order valence-corrected chi connectivity index (χ4v) is 1.95. The van der Waals surface area contributed by atoms with Crippen LogP contribution in [0.3, 0.4) is 0 Å². The standard InChI is InChI=1S/C12H8BrF2NO/c13-11-2-1-8(14)4-10(11)12(17)7-3-9(15)6-16-5-7/h1-6,12,17H. The highest BCUT2D eigenvalue weighted by Gasteiger charge is 2.15. The molecule has 0 bridgehead atoms. The molecule has 1 aromatic heterocycles.